The van der Waals surface area contributed by atoms with Gasteiger partial charge in [0.2, 0.25) is 0 Å². The number of hydrogen-bond acceptors (Lipinski definition) is 4. The van der Waals surface area contributed by atoms with Gasteiger partial charge in [0.1, 0.15) is 0 Å². The highest BCUT2D eigenvalue weighted by Gasteiger charge is 2.19. The van der Waals surface area contributed by atoms with Crippen LogP contribution in [-0.2, 0) is 0 Å². The maximum absolute atomic E-state index is 5.65. The third kappa shape index (κ3) is 2.19. The van der Waals surface area contributed by atoms with Gasteiger partial charge < -0.3 is 11.1 Å². The van der Waals surface area contributed by atoms with Crippen LogP contribution in [0.25, 0.3) is 0 Å². The molecule has 0 aliphatic rings. The molecule has 0 radical (unpaired) electrons. The van der Waals surface area contributed by atoms with Crippen molar-refractivity contribution in [2.24, 2.45) is 5.73 Å². The molecular weight excluding hydrogens is 170 g/mol. The fourth-order valence-electron chi connectivity index (χ4n) is 0.827. The van der Waals surface area contributed by atoms with Crippen molar-refractivity contribution < 1.29 is 0 Å². The Bertz CT molecular complexity index is 216. The maximum Gasteiger partial charge on any atom is 0.183 e. The van der Waals surface area contributed by atoms with Crippen molar-refractivity contribution >= 4 is 16.5 Å². The highest BCUT2D eigenvalue weighted by molar-refractivity contribution is 7.13. The zero-order valence-corrected chi connectivity index (χ0v) is 8.32. The van der Waals surface area contributed by atoms with Crippen LogP contribution in [0, 0.1) is 0 Å². The number of nitrogens with two attached hydrogens (primary N) is 1. The molecule has 1 heterocycles. The normalized spacial score (nSPS) is 15.6. The van der Waals surface area contributed by atoms with Crippen molar-refractivity contribution in [2.45, 2.75) is 25.8 Å². The van der Waals surface area contributed by atoms with Crippen molar-refractivity contribution in [3.8, 4) is 0 Å². The van der Waals surface area contributed by atoms with Crippen molar-refractivity contribution in [1.29, 1.82) is 0 Å². The molecule has 12 heavy (non-hydrogen) atoms. The van der Waals surface area contributed by atoms with Crippen molar-refractivity contribution in [2.75, 3.05) is 11.9 Å². The average Bonchev–Trinajstić information content (AvgIpc) is 2.57. The van der Waals surface area contributed by atoms with Crippen LogP contribution in [0.2, 0.25) is 0 Å². The van der Waals surface area contributed by atoms with Gasteiger partial charge >= 0.3 is 0 Å². The molecule has 1 rings (SSSR count). The SMILES string of the molecule is CCC(C)(CN)Nc1nccs1. The average molecular weight is 185 g/mol. The summed E-state index contributed by atoms with van der Waals surface area (Å²) in [4.78, 5) is 4.15. The Kier molecular flexibility index (Phi) is 3.05. The largest absolute Gasteiger partial charge is 0.355 e. The van der Waals surface area contributed by atoms with E-state index in [9.17, 15) is 0 Å². The van der Waals surface area contributed by atoms with Crippen molar-refractivity contribution in [3.05, 3.63) is 11.6 Å². The number of hydrogen-bond donors (Lipinski definition) is 2. The van der Waals surface area contributed by atoms with E-state index in [1.165, 1.54) is 0 Å². The Labute approximate surface area is 77.0 Å². The molecule has 68 valence electrons. The first-order valence-corrected chi connectivity index (χ1v) is 4.96. The summed E-state index contributed by atoms with van der Waals surface area (Å²) in [5.74, 6) is 0. The Balaban J connectivity index is 2.60. The van der Waals surface area contributed by atoms with Gasteiger partial charge in [0.05, 0.1) is 0 Å². The van der Waals surface area contributed by atoms with Gasteiger partial charge in [-0.1, -0.05) is 6.92 Å². The summed E-state index contributed by atoms with van der Waals surface area (Å²) in [6.07, 6.45) is 2.79. The van der Waals surface area contributed by atoms with Crippen LogP contribution < -0.4 is 11.1 Å². The Hall–Kier alpha value is -0.610. The second kappa shape index (κ2) is 3.87. The monoisotopic (exact) mass is 185 g/mol. The van der Waals surface area contributed by atoms with E-state index >= 15 is 0 Å². The van der Waals surface area contributed by atoms with Gasteiger partial charge in [-0.25, -0.2) is 4.98 Å². The number of thiazole rings is 1. The van der Waals surface area contributed by atoms with Crippen molar-refractivity contribution in [3.63, 3.8) is 0 Å². The van der Waals surface area contributed by atoms with E-state index in [1.54, 1.807) is 17.5 Å². The zero-order chi connectivity index (χ0) is 9.03. The lowest BCUT2D eigenvalue weighted by Gasteiger charge is -2.27. The first-order valence-electron chi connectivity index (χ1n) is 4.08. The molecule has 0 fully saturated rings. The summed E-state index contributed by atoms with van der Waals surface area (Å²) in [7, 11) is 0. The third-order valence-electron chi connectivity index (χ3n) is 2.07. The minimum atomic E-state index is -0.0160. The molecule has 0 saturated heterocycles. The second-order valence-electron chi connectivity index (χ2n) is 3.08. The molecule has 0 bridgehead atoms. The van der Waals surface area contributed by atoms with Crippen LogP contribution >= 0.6 is 11.3 Å². The predicted molar refractivity (Wildman–Crippen MR) is 53.5 cm³/mol. The zero-order valence-electron chi connectivity index (χ0n) is 7.50. The van der Waals surface area contributed by atoms with E-state index in [0.717, 1.165) is 11.6 Å². The van der Waals surface area contributed by atoms with Crippen molar-refractivity contribution in [1.82, 2.24) is 4.98 Å². The molecule has 0 aliphatic carbocycles. The van der Waals surface area contributed by atoms with Crippen LogP contribution in [0.3, 0.4) is 0 Å². The lowest BCUT2D eigenvalue weighted by Crippen LogP contribution is -2.41. The standard InChI is InChI=1S/C8H15N3S/c1-3-8(2,6-9)11-7-10-4-5-12-7/h4-5H,3,6,9H2,1-2H3,(H,10,11). The lowest BCUT2D eigenvalue weighted by atomic mass is 10.00. The first-order chi connectivity index (χ1) is 5.70. The number of anilines is 1. The van der Waals surface area contributed by atoms with E-state index in [0.29, 0.717) is 6.54 Å². The van der Waals surface area contributed by atoms with E-state index in [4.69, 9.17) is 5.73 Å². The molecule has 1 aromatic heterocycles. The van der Waals surface area contributed by atoms with E-state index in [2.05, 4.69) is 24.1 Å². The molecule has 1 atom stereocenters. The van der Waals surface area contributed by atoms with Gasteiger partial charge in [0.15, 0.2) is 5.13 Å². The molecule has 0 amide bonds. The van der Waals surface area contributed by atoms with Gasteiger partial charge in [-0.05, 0) is 13.3 Å². The molecule has 1 unspecified atom stereocenters. The summed E-state index contributed by atoms with van der Waals surface area (Å²) in [5.41, 5.74) is 5.63. The Morgan fingerprint density at radius 2 is 2.50 bits per heavy atom. The summed E-state index contributed by atoms with van der Waals surface area (Å²) in [6, 6.07) is 0. The quantitative estimate of drug-likeness (QED) is 0.750. The highest BCUT2D eigenvalue weighted by Crippen LogP contribution is 2.18. The van der Waals surface area contributed by atoms with E-state index < -0.39 is 0 Å². The van der Waals surface area contributed by atoms with Gasteiger partial charge in [-0.15, -0.1) is 11.3 Å². The molecular formula is C8H15N3S. The molecule has 4 heteroatoms. The maximum atomic E-state index is 5.65. The fourth-order valence-corrected chi connectivity index (χ4v) is 1.50. The smallest absolute Gasteiger partial charge is 0.183 e. The van der Waals surface area contributed by atoms with Gasteiger partial charge in [-0.2, -0.15) is 0 Å². The van der Waals surface area contributed by atoms with E-state index in [-0.39, 0.29) is 5.54 Å². The third-order valence-corrected chi connectivity index (χ3v) is 2.76. The highest BCUT2D eigenvalue weighted by atomic mass is 32.1. The molecule has 0 spiro atoms. The second-order valence-corrected chi connectivity index (χ2v) is 3.98. The minimum Gasteiger partial charge on any atom is -0.355 e. The van der Waals surface area contributed by atoms with Gasteiger partial charge in [-0.3, -0.25) is 0 Å². The Morgan fingerprint density at radius 3 is 2.92 bits per heavy atom. The Morgan fingerprint density at radius 1 is 1.75 bits per heavy atom. The summed E-state index contributed by atoms with van der Waals surface area (Å²) < 4.78 is 0. The molecule has 3 nitrogen and oxygen atoms in total. The molecule has 0 saturated carbocycles. The van der Waals surface area contributed by atoms with Crippen LogP contribution in [0.15, 0.2) is 11.6 Å². The number of nitrogens with one attached hydrogen (secondary N) is 1. The minimum absolute atomic E-state index is 0.0160. The molecule has 0 aromatic carbocycles. The fraction of sp³-hybridized carbons (Fsp3) is 0.625. The summed E-state index contributed by atoms with van der Waals surface area (Å²) >= 11 is 1.60. The van der Waals surface area contributed by atoms with Crippen LogP contribution in [0.1, 0.15) is 20.3 Å². The van der Waals surface area contributed by atoms with Crippen LogP contribution in [0.5, 0.6) is 0 Å². The molecule has 3 N–H and O–H groups in total. The summed E-state index contributed by atoms with van der Waals surface area (Å²) in [5, 5.41) is 6.22. The predicted octanol–water partition coefficient (Wildman–Crippen LogP) is 1.68. The van der Waals surface area contributed by atoms with Gasteiger partial charge in [0, 0.05) is 23.7 Å². The van der Waals surface area contributed by atoms with Crippen LogP contribution in [0.4, 0.5) is 5.13 Å². The number of rotatable bonds is 4. The topological polar surface area (TPSA) is 50.9 Å². The van der Waals surface area contributed by atoms with E-state index in [1.807, 2.05) is 5.38 Å². The van der Waals surface area contributed by atoms with Gasteiger partial charge in [0.25, 0.3) is 0 Å². The van der Waals surface area contributed by atoms with Crippen LogP contribution in [-0.4, -0.2) is 17.1 Å². The molecule has 1 aromatic rings. The summed E-state index contributed by atoms with van der Waals surface area (Å²) in [6.45, 7) is 4.85. The number of aromatic nitrogens is 1. The molecule has 0 aliphatic heterocycles. The lowest BCUT2D eigenvalue weighted by molar-refractivity contribution is 0.506. The first kappa shape index (κ1) is 9.48. The number of nitrogens with zero attached hydrogens (tertiary/aromatic N) is 1.